The van der Waals surface area contributed by atoms with E-state index in [1.54, 1.807) is 0 Å². The van der Waals surface area contributed by atoms with E-state index in [0.717, 1.165) is 25.7 Å². The molecule has 112 valence electrons. The lowest BCUT2D eigenvalue weighted by atomic mass is 10.1. The first-order chi connectivity index (χ1) is 8.95. The van der Waals surface area contributed by atoms with Crippen LogP contribution >= 0.6 is 0 Å². The fourth-order valence-electron chi connectivity index (χ4n) is 1.70. The number of esters is 2. The van der Waals surface area contributed by atoms with Crippen LogP contribution in [0.5, 0.6) is 0 Å². The van der Waals surface area contributed by atoms with Crippen molar-refractivity contribution in [1.29, 1.82) is 0 Å². The molecular formula is C15H28O4. The minimum absolute atomic E-state index is 0.0698. The first kappa shape index (κ1) is 17.9. The smallest absolute Gasteiger partial charge is 0.306 e. The molecule has 4 nitrogen and oxygen atoms in total. The molecule has 0 aliphatic heterocycles. The van der Waals surface area contributed by atoms with Gasteiger partial charge in [-0.15, -0.1) is 0 Å². The summed E-state index contributed by atoms with van der Waals surface area (Å²) in [4.78, 5) is 22.8. The van der Waals surface area contributed by atoms with Crippen molar-refractivity contribution in [2.24, 2.45) is 5.92 Å². The highest BCUT2D eigenvalue weighted by atomic mass is 16.5. The van der Waals surface area contributed by atoms with E-state index in [0.29, 0.717) is 12.5 Å². The van der Waals surface area contributed by atoms with Crippen molar-refractivity contribution in [3.05, 3.63) is 0 Å². The average Bonchev–Trinajstić information content (AvgIpc) is 2.32. The third-order valence-electron chi connectivity index (χ3n) is 2.75. The van der Waals surface area contributed by atoms with Gasteiger partial charge in [0.2, 0.25) is 0 Å². The summed E-state index contributed by atoms with van der Waals surface area (Å²) in [6.07, 6.45) is 3.90. The number of carbonyl (C=O) groups excluding carboxylic acids is 2. The third-order valence-corrected chi connectivity index (χ3v) is 2.75. The molecule has 1 unspecified atom stereocenters. The van der Waals surface area contributed by atoms with Crippen molar-refractivity contribution in [2.75, 3.05) is 6.61 Å². The van der Waals surface area contributed by atoms with Crippen molar-refractivity contribution >= 4 is 11.9 Å². The Labute approximate surface area is 116 Å². The summed E-state index contributed by atoms with van der Waals surface area (Å²) in [6, 6.07) is 0. The Morgan fingerprint density at radius 1 is 1.00 bits per heavy atom. The predicted octanol–water partition coefficient (Wildman–Crippen LogP) is 3.48. The largest absolute Gasteiger partial charge is 0.466 e. The zero-order valence-electron chi connectivity index (χ0n) is 12.7. The predicted molar refractivity (Wildman–Crippen MR) is 74.7 cm³/mol. The zero-order chi connectivity index (χ0) is 14.7. The van der Waals surface area contributed by atoms with Crippen LogP contribution in [0.3, 0.4) is 0 Å². The van der Waals surface area contributed by atoms with Crippen molar-refractivity contribution in [3.63, 3.8) is 0 Å². The van der Waals surface area contributed by atoms with Crippen molar-refractivity contribution in [3.8, 4) is 0 Å². The third kappa shape index (κ3) is 11.7. The van der Waals surface area contributed by atoms with Gasteiger partial charge in [0.25, 0.3) is 0 Å². The minimum Gasteiger partial charge on any atom is -0.466 e. The van der Waals surface area contributed by atoms with Gasteiger partial charge < -0.3 is 9.47 Å². The van der Waals surface area contributed by atoms with Gasteiger partial charge in [0.1, 0.15) is 0 Å². The molecule has 0 bridgehead atoms. The van der Waals surface area contributed by atoms with Gasteiger partial charge in [0.05, 0.1) is 25.6 Å². The second kappa shape index (κ2) is 10.8. The number of carbonyl (C=O) groups is 2. The number of hydrogen-bond acceptors (Lipinski definition) is 4. The van der Waals surface area contributed by atoms with Gasteiger partial charge in [-0.1, -0.05) is 27.2 Å². The quantitative estimate of drug-likeness (QED) is 0.451. The number of ether oxygens (including phenoxy) is 2. The van der Waals surface area contributed by atoms with E-state index in [1.165, 1.54) is 0 Å². The molecule has 0 N–H and O–H groups in total. The summed E-state index contributed by atoms with van der Waals surface area (Å²) in [5.74, 6) is -0.0161. The number of hydrogen-bond donors (Lipinski definition) is 0. The van der Waals surface area contributed by atoms with Crippen LogP contribution in [-0.4, -0.2) is 24.6 Å². The minimum atomic E-state index is -0.319. The maximum absolute atomic E-state index is 11.4. The molecule has 0 heterocycles. The summed E-state index contributed by atoms with van der Waals surface area (Å²) < 4.78 is 10.2. The van der Waals surface area contributed by atoms with E-state index in [2.05, 4.69) is 13.8 Å². The standard InChI is InChI=1S/C15H28O4/c1-5-7-13(4)19-15(17)10-9-14(16)18-11-6-8-12(2)3/h12-13H,5-11H2,1-4H3. The molecule has 0 saturated heterocycles. The molecule has 0 aliphatic rings. The van der Waals surface area contributed by atoms with Crippen LogP contribution in [0, 0.1) is 5.92 Å². The van der Waals surface area contributed by atoms with Crippen LogP contribution < -0.4 is 0 Å². The number of rotatable bonds is 10. The molecule has 4 heteroatoms. The maximum Gasteiger partial charge on any atom is 0.306 e. The summed E-state index contributed by atoms with van der Waals surface area (Å²) in [5, 5.41) is 0. The summed E-state index contributed by atoms with van der Waals surface area (Å²) >= 11 is 0. The Hall–Kier alpha value is -1.06. The molecule has 19 heavy (non-hydrogen) atoms. The SMILES string of the molecule is CCCC(C)OC(=O)CCC(=O)OCCCC(C)C. The lowest BCUT2D eigenvalue weighted by Crippen LogP contribution is -2.16. The first-order valence-corrected chi connectivity index (χ1v) is 7.30. The van der Waals surface area contributed by atoms with Gasteiger partial charge in [-0.05, 0) is 32.1 Å². The fourth-order valence-corrected chi connectivity index (χ4v) is 1.70. The van der Waals surface area contributed by atoms with Crippen molar-refractivity contribution in [2.45, 2.75) is 72.3 Å². The molecule has 0 aromatic rings. The van der Waals surface area contributed by atoms with Crippen LogP contribution in [0.25, 0.3) is 0 Å². The van der Waals surface area contributed by atoms with Gasteiger partial charge in [-0.2, -0.15) is 0 Å². The van der Waals surface area contributed by atoms with Crippen molar-refractivity contribution in [1.82, 2.24) is 0 Å². The molecule has 0 saturated carbocycles. The summed E-state index contributed by atoms with van der Waals surface area (Å²) in [7, 11) is 0. The Morgan fingerprint density at radius 2 is 1.63 bits per heavy atom. The van der Waals surface area contributed by atoms with Gasteiger partial charge in [0.15, 0.2) is 0 Å². The van der Waals surface area contributed by atoms with E-state index in [-0.39, 0.29) is 30.9 Å². The average molecular weight is 272 g/mol. The lowest BCUT2D eigenvalue weighted by Gasteiger charge is -2.11. The Bertz CT molecular complexity index is 261. The van der Waals surface area contributed by atoms with E-state index in [9.17, 15) is 9.59 Å². The van der Waals surface area contributed by atoms with Gasteiger partial charge in [-0.25, -0.2) is 0 Å². The fraction of sp³-hybridized carbons (Fsp3) is 0.867. The monoisotopic (exact) mass is 272 g/mol. The second-order valence-corrected chi connectivity index (χ2v) is 5.35. The highest BCUT2D eigenvalue weighted by molar-refractivity contribution is 5.77. The molecule has 0 amide bonds. The van der Waals surface area contributed by atoms with E-state index >= 15 is 0 Å². The molecule has 0 aromatic carbocycles. The summed E-state index contributed by atoms with van der Waals surface area (Å²) in [6.45, 7) is 8.62. The zero-order valence-corrected chi connectivity index (χ0v) is 12.7. The van der Waals surface area contributed by atoms with E-state index in [1.807, 2.05) is 13.8 Å². The van der Waals surface area contributed by atoms with Crippen LogP contribution in [0.1, 0.15) is 66.2 Å². The first-order valence-electron chi connectivity index (χ1n) is 7.30. The molecule has 0 aliphatic carbocycles. The second-order valence-electron chi connectivity index (χ2n) is 5.35. The molecule has 0 rings (SSSR count). The van der Waals surface area contributed by atoms with Crippen LogP contribution in [0.4, 0.5) is 0 Å². The molecule has 0 spiro atoms. The molecule has 0 fully saturated rings. The molecular weight excluding hydrogens is 244 g/mol. The van der Waals surface area contributed by atoms with Gasteiger partial charge in [-0.3, -0.25) is 9.59 Å². The Kier molecular flexibility index (Phi) is 10.2. The van der Waals surface area contributed by atoms with E-state index < -0.39 is 0 Å². The Balaban J connectivity index is 3.58. The lowest BCUT2D eigenvalue weighted by molar-refractivity contribution is -0.153. The Morgan fingerprint density at radius 3 is 2.21 bits per heavy atom. The highest BCUT2D eigenvalue weighted by Crippen LogP contribution is 2.06. The van der Waals surface area contributed by atoms with E-state index in [4.69, 9.17) is 9.47 Å². The van der Waals surface area contributed by atoms with Gasteiger partial charge in [0, 0.05) is 0 Å². The highest BCUT2D eigenvalue weighted by Gasteiger charge is 2.12. The topological polar surface area (TPSA) is 52.6 Å². The molecule has 0 aromatic heterocycles. The molecule has 0 radical (unpaired) electrons. The van der Waals surface area contributed by atoms with Crippen LogP contribution in [0.15, 0.2) is 0 Å². The van der Waals surface area contributed by atoms with Crippen LogP contribution in [-0.2, 0) is 19.1 Å². The van der Waals surface area contributed by atoms with Crippen LogP contribution in [0.2, 0.25) is 0 Å². The normalized spacial score (nSPS) is 12.3. The maximum atomic E-state index is 11.4. The molecule has 1 atom stereocenters. The van der Waals surface area contributed by atoms with Crippen molar-refractivity contribution < 1.29 is 19.1 Å². The van der Waals surface area contributed by atoms with Gasteiger partial charge >= 0.3 is 11.9 Å². The summed E-state index contributed by atoms with van der Waals surface area (Å²) in [5.41, 5.74) is 0.